The van der Waals surface area contributed by atoms with Crippen molar-refractivity contribution < 1.29 is 50.7 Å². The molecule has 2 nitrogen and oxygen atoms in total. The van der Waals surface area contributed by atoms with Gasteiger partial charge in [0.25, 0.3) is 0 Å². The number of aromatic nitrogens is 2. The van der Waals surface area contributed by atoms with Crippen molar-refractivity contribution in [3.63, 3.8) is 0 Å². The van der Waals surface area contributed by atoms with Gasteiger partial charge < -0.3 is 33.9 Å². The Labute approximate surface area is 271 Å². The van der Waals surface area contributed by atoms with Crippen LogP contribution < -0.4 is 24.8 Å². The zero-order valence-electron chi connectivity index (χ0n) is 22.9. The molecule has 0 N–H and O–H groups in total. The molecule has 2 aromatic heterocycles. The molecular weight excluding hydrogens is 710 g/mol. The van der Waals surface area contributed by atoms with E-state index < -0.39 is 0 Å². The van der Waals surface area contributed by atoms with Crippen LogP contribution in [0, 0.1) is 13.8 Å². The summed E-state index contributed by atoms with van der Waals surface area (Å²) < 4.78 is 4.66. The van der Waals surface area contributed by atoms with E-state index in [2.05, 4.69) is 156 Å². The van der Waals surface area contributed by atoms with E-state index in [1.807, 2.05) is 0 Å². The summed E-state index contributed by atoms with van der Waals surface area (Å²) >= 11 is 0. The number of para-hydroxylation sites is 2. The molecule has 0 aliphatic carbocycles. The molecule has 41 heavy (non-hydrogen) atoms. The number of fused-ring (bicyclic) bond motifs is 4. The minimum absolute atomic E-state index is 0. The van der Waals surface area contributed by atoms with Gasteiger partial charge in [0.05, 0.1) is 11.0 Å². The SMILES string of the molecule is Cc1cc2ccccc2n1-c1cc2ccccc2[cH-]1.Cc1cc2ccccc2n1-c1cc2ccccc2[cH-]1.[Cl-].[Cl-].[Hf+4]. The van der Waals surface area contributed by atoms with E-state index >= 15 is 0 Å². The van der Waals surface area contributed by atoms with Crippen molar-refractivity contribution in [2.45, 2.75) is 13.8 Å². The summed E-state index contributed by atoms with van der Waals surface area (Å²) in [4.78, 5) is 0. The molecule has 200 valence electrons. The molecule has 0 fully saturated rings. The van der Waals surface area contributed by atoms with E-state index in [1.165, 1.54) is 66.1 Å². The maximum absolute atomic E-state index is 2.33. The molecule has 5 heteroatoms. The van der Waals surface area contributed by atoms with Gasteiger partial charge >= 0.3 is 25.8 Å². The summed E-state index contributed by atoms with van der Waals surface area (Å²) in [7, 11) is 0. The number of nitrogens with zero attached hydrogens (tertiary/aromatic N) is 2. The molecular formula is C36H28Cl2HfN2. The van der Waals surface area contributed by atoms with E-state index in [-0.39, 0.29) is 50.7 Å². The van der Waals surface area contributed by atoms with E-state index in [0.29, 0.717) is 0 Å². The van der Waals surface area contributed by atoms with Crippen LogP contribution in [0.25, 0.3) is 54.7 Å². The third-order valence-corrected chi connectivity index (χ3v) is 7.51. The Morgan fingerprint density at radius 1 is 0.439 bits per heavy atom. The van der Waals surface area contributed by atoms with Gasteiger partial charge in [-0.3, -0.25) is 0 Å². The minimum atomic E-state index is 0. The van der Waals surface area contributed by atoms with Crippen LogP contribution in [-0.4, -0.2) is 9.13 Å². The maximum Gasteiger partial charge on any atom is 4.00 e. The van der Waals surface area contributed by atoms with E-state index in [0.717, 1.165) is 0 Å². The fourth-order valence-electron chi connectivity index (χ4n) is 5.80. The Kier molecular flexibility index (Phi) is 9.44. The second-order valence-electron chi connectivity index (χ2n) is 10.0. The first-order chi connectivity index (χ1) is 18.7. The molecule has 2 heterocycles. The van der Waals surface area contributed by atoms with Gasteiger partial charge in [0.2, 0.25) is 0 Å². The smallest absolute Gasteiger partial charge is 1.00 e. The number of aryl methyl sites for hydroxylation is 2. The summed E-state index contributed by atoms with van der Waals surface area (Å²) in [6.45, 7) is 4.33. The van der Waals surface area contributed by atoms with Crippen LogP contribution in [0.15, 0.2) is 133 Å². The fourth-order valence-corrected chi connectivity index (χ4v) is 5.80. The van der Waals surface area contributed by atoms with Crippen LogP contribution in [0.3, 0.4) is 0 Å². The number of benzene rings is 4. The quantitative estimate of drug-likeness (QED) is 0.190. The van der Waals surface area contributed by atoms with Crippen LogP contribution in [0.4, 0.5) is 0 Å². The van der Waals surface area contributed by atoms with Crippen LogP contribution >= 0.6 is 0 Å². The Hall–Kier alpha value is -3.37. The summed E-state index contributed by atoms with van der Waals surface area (Å²) in [6, 6.07) is 47.6. The van der Waals surface area contributed by atoms with Crippen LogP contribution in [0.1, 0.15) is 11.4 Å². The van der Waals surface area contributed by atoms with Gasteiger partial charge in [-0.05, 0) is 49.5 Å². The van der Waals surface area contributed by atoms with E-state index in [4.69, 9.17) is 0 Å². The molecule has 0 saturated heterocycles. The Morgan fingerprint density at radius 3 is 1.17 bits per heavy atom. The van der Waals surface area contributed by atoms with Gasteiger partial charge in [-0.15, -0.1) is 82.2 Å². The average Bonchev–Trinajstić information content (AvgIpc) is 3.69. The number of hydrogen-bond donors (Lipinski definition) is 0. The molecule has 6 aromatic carbocycles. The van der Waals surface area contributed by atoms with Crippen LogP contribution in [0.5, 0.6) is 0 Å². The van der Waals surface area contributed by atoms with Crippen LogP contribution in [-0.2, 0) is 25.8 Å². The van der Waals surface area contributed by atoms with Crippen molar-refractivity contribution >= 4 is 43.4 Å². The van der Waals surface area contributed by atoms with Crippen molar-refractivity contribution in [3.05, 3.63) is 145 Å². The summed E-state index contributed by atoms with van der Waals surface area (Å²) in [5.41, 5.74) is 7.60. The summed E-state index contributed by atoms with van der Waals surface area (Å²) in [5.74, 6) is 0. The molecule has 0 amide bonds. The van der Waals surface area contributed by atoms with Gasteiger partial charge in [-0.2, -0.15) is 0 Å². The second-order valence-corrected chi connectivity index (χ2v) is 10.0. The fraction of sp³-hybridized carbons (Fsp3) is 0.0556. The third kappa shape index (κ3) is 5.59. The molecule has 0 bridgehead atoms. The standard InChI is InChI=1S/2C18H14N.2ClH.Hf/c2*1-13-10-16-8-4-5-9-18(16)19(13)17-11-14-6-2-3-7-15(14)12-17;;;/h2*2-12H,1H3;2*1H;/q2*-1;;;+4/p-2. The summed E-state index contributed by atoms with van der Waals surface area (Å²) in [5, 5.41) is 7.80. The first-order valence-electron chi connectivity index (χ1n) is 13.1. The molecule has 0 spiro atoms. The minimum Gasteiger partial charge on any atom is -1.00 e. The average molecular weight is 738 g/mol. The maximum atomic E-state index is 2.33. The van der Waals surface area contributed by atoms with Crippen molar-refractivity contribution in [1.82, 2.24) is 9.13 Å². The van der Waals surface area contributed by atoms with Gasteiger partial charge in [0.15, 0.2) is 0 Å². The van der Waals surface area contributed by atoms with Gasteiger partial charge in [0, 0.05) is 22.2 Å². The first kappa shape index (κ1) is 30.6. The number of hydrogen-bond acceptors (Lipinski definition) is 0. The topological polar surface area (TPSA) is 9.86 Å². The molecule has 8 rings (SSSR count). The molecule has 0 atom stereocenters. The van der Waals surface area contributed by atoms with Crippen molar-refractivity contribution in [2.75, 3.05) is 0 Å². The van der Waals surface area contributed by atoms with Crippen LogP contribution in [0.2, 0.25) is 0 Å². The third-order valence-electron chi connectivity index (χ3n) is 7.51. The zero-order chi connectivity index (χ0) is 25.6. The van der Waals surface area contributed by atoms with Gasteiger partial charge in [-0.25, -0.2) is 0 Å². The molecule has 8 aromatic rings. The zero-order valence-corrected chi connectivity index (χ0v) is 28.0. The van der Waals surface area contributed by atoms with Crippen molar-refractivity contribution in [1.29, 1.82) is 0 Å². The molecule has 0 radical (unpaired) electrons. The number of rotatable bonds is 2. The Balaban J connectivity index is 0.000000176. The van der Waals surface area contributed by atoms with Gasteiger partial charge in [0.1, 0.15) is 0 Å². The normalized spacial score (nSPS) is 10.6. The predicted octanol–water partition coefficient (Wildman–Crippen LogP) is 3.63. The Bertz CT molecular complexity index is 1860. The first-order valence-corrected chi connectivity index (χ1v) is 13.1. The summed E-state index contributed by atoms with van der Waals surface area (Å²) in [6.07, 6.45) is 0. The molecule has 0 unspecified atom stereocenters. The monoisotopic (exact) mass is 738 g/mol. The largest absolute Gasteiger partial charge is 4.00 e. The Morgan fingerprint density at radius 2 is 0.780 bits per heavy atom. The van der Waals surface area contributed by atoms with E-state index in [1.54, 1.807) is 0 Å². The number of halogens is 2. The van der Waals surface area contributed by atoms with E-state index in [9.17, 15) is 0 Å². The molecule has 0 aliphatic heterocycles. The molecule has 0 saturated carbocycles. The van der Waals surface area contributed by atoms with Crippen molar-refractivity contribution in [2.24, 2.45) is 0 Å². The predicted molar refractivity (Wildman–Crippen MR) is 162 cm³/mol. The molecule has 0 aliphatic rings. The van der Waals surface area contributed by atoms with Crippen molar-refractivity contribution in [3.8, 4) is 11.4 Å². The van der Waals surface area contributed by atoms with Gasteiger partial charge in [-0.1, -0.05) is 48.5 Å². The second kappa shape index (κ2) is 12.7.